The van der Waals surface area contributed by atoms with Crippen molar-refractivity contribution in [3.8, 4) is 0 Å². The number of anilines is 1. The average Bonchev–Trinajstić information content (AvgIpc) is 2.80. The second-order valence-corrected chi connectivity index (χ2v) is 4.25. The van der Waals surface area contributed by atoms with Crippen LogP contribution in [0, 0.1) is 0 Å². The van der Waals surface area contributed by atoms with Crippen LogP contribution in [0.15, 0.2) is 6.33 Å². The van der Waals surface area contributed by atoms with Crippen molar-refractivity contribution in [2.24, 2.45) is 5.73 Å². The number of aliphatic hydroxyl groups is 3. The number of ether oxygens (including phenoxy) is 1. The van der Waals surface area contributed by atoms with E-state index in [1.165, 1.54) is 0 Å². The summed E-state index contributed by atoms with van der Waals surface area (Å²) in [5.41, 5.74) is 5.01. The number of primary amides is 1. The zero-order chi connectivity index (χ0) is 14.9. The van der Waals surface area contributed by atoms with Crippen LogP contribution in [0.5, 0.6) is 0 Å². The van der Waals surface area contributed by atoms with E-state index in [2.05, 4.69) is 10.3 Å². The van der Waals surface area contributed by atoms with Crippen LogP contribution in [0.4, 0.5) is 5.82 Å². The van der Waals surface area contributed by atoms with Gasteiger partial charge in [0.25, 0.3) is 5.91 Å². The Morgan fingerprint density at radius 2 is 2.20 bits per heavy atom. The number of hydrogen-bond acceptors (Lipinski definition) is 7. The predicted octanol–water partition coefficient (Wildman–Crippen LogP) is -2.84. The van der Waals surface area contributed by atoms with Gasteiger partial charge < -0.3 is 31.1 Å². The third-order valence-electron chi connectivity index (χ3n) is 2.97. The number of imidazole rings is 1. The fourth-order valence-corrected chi connectivity index (χ4v) is 1.99. The molecule has 1 saturated heterocycles. The maximum absolute atomic E-state index is 11.4. The number of nitrogens with two attached hydrogens (primary N) is 1. The molecule has 1 aromatic rings. The summed E-state index contributed by atoms with van der Waals surface area (Å²) >= 11 is 0. The van der Waals surface area contributed by atoms with Crippen molar-refractivity contribution < 1.29 is 29.6 Å². The summed E-state index contributed by atoms with van der Waals surface area (Å²) < 4.78 is 6.27. The highest BCUT2D eigenvalue weighted by atomic mass is 16.5. The smallest absolute Gasteiger partial charge is 0.269 e. The summed E-state index contributed by atoms with van der Waals surface area (Å²) in [7, 11) is 0. The SMILES string of the molecule is NC(=O)c1c(NC=O)ncn1C1OCC(O)C(O)C1O. The van der Waals surface area contributed by atoms with E-state index in [-0.39, 0.29) is 18.1 Å². The van der Waals surface area contributed by atoms with Crippen molar-refractivity contribution in [1.29, 1.82) is 0 Å². The number of aromatic nitrogens is 2. The minimum atomic E-state index is -1.49. The van der Waals surface area contributed by atoms with Crippen molar-refractivity contribution in [1.82, 2.24) is 9.55 Å². The lowest BCUT2D eigenvalue weighted by Gasteiger charge is -2.36. The standard InChI is InChI=1S/C10H14N4O6/c11-8(19)5-9(13-3-15)12-2-14(5)10-7(18)6(17)4(16)1-20-10/h2-4,6-7,10,16-18H,1H2,(H2,11,19)(H,13,15). The average molecular weight is 286 g/mol. The lowest BCUT2D eigenvalue weighted by atomic mass is 10.0. The van der Waals surface area contributed by atoms with Crippen LogP contribution in [0.25, 0.3) is 0 Å². The fourth-order valence-electron chi connectivity index (χ4n) is 1.99. The maximum Gasteiger partial charge on any atom is 0.269 e. The first kappa shape index (κ1) is 14.4. The largest absolute Gasteiger partial charge is 0.388 e. The first-order valence-corrected chi connectivity index (χ1v) is 5.70. The van der Waals surface area contributed by atoms with Gasteiger partial charge in [0, 0.05) is 0 Å². The van der Waals surface area contributed by atoms with Gasteiger partial charge in [-0.05, 0) is 0 Å². The van der Waals surface area contributed by atoms with Crippen molar-refractivity contribution in [2.75, 3.05) is 11.9 Å². The van der Waals surface area contributed by atoms with E-state index in [1.807, 2.05) is 0 Å². The van der Waals surface area contributed by atoms with Gasteiger partial charge in [-0.15, -0.1) is 0 Å². The van der Waals surface area contributed by atoms with Crippen LogP contribution in [0.2, 0.25) is 0 Å². The van der Waals surface area contributed by atoms with Gasteiger partial charge in [0.2, 0.25) is 6.41 Å². The highest BCUT2D eigenvalue weighted by Crippen LogP contribution is 2.27. The maximum atomic E-state index is 11.4. The van der Waals surface area contributed by atoms with E-state index in [0.29, 0.717) is 6.41 Å². The Hall–Kier alpha value is -2.01. The first-order chi connectivity index (χ1) is 9.47. The van der Waals surface area contributed by atoms with Crippen LogP contribution in [0.3, 0.4) is 0 Å². The molecule has 20 heavy (non-hydrogen) atoms. The van der Waals surface area contributed by atoms with Crippen LogP contribution < -0.4 is 11.1 Å². The van der Waals surface area contributed by atoms with Crippen molar-refractivity contribution in [2.45, 2.75) is 24.5 Å². The minimum absolute atomic E-state index is 0.0936. The van der Waals surface area contributed by atoms with Gasteiger partial charge in [-0.3, -0.25) is 14.2 Å². The second-order valence-electron chi connectivity index (χ2n) is 4.25. The molecule has 0 bridgehead atoms. The van der Waals surface area contributed by atoms with Gasteiger partial charge >= 0.3 is 0 Å². The number of carbonyl (C=O) groups is 2. The molecule has 1 aromatic heterocycles. The van der Waals surface area contributed by atoms with Crippen LogP contribution >= 0.6 is 0 Å². The Kier molecular flexibility index (Phi) is 3.99. The molecule has 0 saturated carbocycles. The van der Waals surface area contributed by atoms with Gasteiger partial charge in [0.05, 0.1) is 12.9 Å². The third-order valence-corrected chi connectivity index (χ3v) is 2.97. The zero-order valence-electron chi connectivity index (χ0n) is 10.2. The second kappa shape index (κ2) is 5.54. The lowest BCUT2D eigenvalue weighted by Crippen LogP contribution is -2.51. The molecule has 1 aliphatic heterocycles. The molecule has 0 spiro atoms. The Bertz CT molecular complexity index is 518. The number of nitrogens with one attached hydrogen (secondary N) is 1. The van der Waals surface area contributed by atoms with E-state index in [4.69, 9.17) is 10.5 Å². The predicted molar refractivity (Wildman–Crippen MR) is 63.4 cm³/mol. The van der Waals surface area contributed by atoms with E-state index in [9.17, 15) is 24.9 Å². The number of carbonyl (C=O) groups excluding carboxylic acids is 2. The molecule has 4 unspecified atom stereocenters. The number of aliphatic hydroxyl groups excluding tert-OH is 3. The highest BCUT2D eigenvalue weighted by Gasteiger charge is 2.40. The van der Waals surface area contributed by atoms with Crippen LogP contribution in [0.1, 0.15) is 16.7 Å². The zero-order valence-corrected chi connectivity index (χ0v) is 10.2. The molecule has 110 valence electrons. The van der Waals surface area contributed by atoms with Gasteiger partial charge in [0.15, 0.2) is 17.7 Å². The molecular formula is C10H14N4O6. The molecular weight excluding hydrogens is 272 g/mol. The van der Waals surface area contributed by atoms with Gasteiger partial charge in [-0.2, -0.15) is 0 Å². The molecule has 1 aliphatic rings. The topological polar surface area (TPSA) is 160 Å². The van der Waals surface area contributed by atoms with Crippen molar-refractivity contribution >= 4 is 18.1 Å². The third kappa shape index (κ3) is 2.36. The summed E-state index contributed by atoms with van der Waals surface area (Å²) in [5.74, 6) is -0.993. The molecule has 10 heteroatoms. The Balaban J connectivity index is 2.37. The minimum Gasteiger partial charge on any atom is -0.388 e. The molecule has 4 atom stereocenters. The molecule has 0 aromatic carbocycles. The van der Waals surface area contributed by atoms with E-state index < -0.39 is 30.4 Å². The van der Waals surface area contributed by atoms with Crippen molar-refractivity contribution in [3.05, 3.63) is 12.0 Å². The summed E-state index contributed by atoms with van der Waals surface area (Å²) in [6.07, 6.45) is -3.89. The number of rotatable bonds is 4. The first-order valence-electron chi connectivity index (χ1n) is 5.70. The Morgan fingerprint density at radius 1 is 1.50 bits per heavy atom. The molecule has 0 aliphatic carbocycles. The number of amides is 2. The van der Waals surface area contributed by atoms with Crippen LogP contribution in [-0.2, 0) is 9.53 Å². The number of nitrogens with zero attached hydrogens (tertiary/aromatic N) is 2. The molecule has 0 radical (unpaired) electrons. The molecule has 10 nitrogen and oxygen atoms in total. The van der Waals surface area contributed by atoms with Crippen LogP contribution in [-0.4, -0.2) is 62.1 Å². The molecule has 6 N–H and O–H groups in total. The van der Waals surface area contributed by atoms with Gasteiger partial charge in [0.1, 0.15) is 18.3 Å². The molecule has 2 rings (SSSR count). The quantitative estimate of drug-likeness (QED) is 0.372. The van der Waals surface area contributed by atoms with Gasteiger partial charge in [-0.25, -0.2) is 4.98 Å². The molecule has 2 amide bonds. The Labute approximate surface area is 112 Å². The fraction of sp³-hybridized carbons (Fsp3) is 0.500. The Morgan fingerprint density at radius 3 is 2.80 bits per heavy atom. The normalized spacial score (nSPS) is 29.9. The van der Waals surface area contributed by atoms with E-state index in [1.54, 1.807) is 0 Å². The monoisotopic (exact) mass is 286 g/mol. The van der Waals surface area contributed by atoms with E-state index in [0.717, 1.165) is 10.9 Å². The highest BCUT2D eigenvalue weighted by molar-refractivity contribution is 5.97. The summed E-state index contributed by atoms with van der Waals surface area (Å²) in [5, 5.41) is 31.1. The van der Waals surface area contributed by atoms with Gasteiger partial charge in [-0.1, -0.05) is 0 Å². The molecule has 1 fully saturated rings. The summed E-state index contributed by atoms with van der Waals surface area (Å²) in [4.78, 5) is 25.6. The molecule has 2 heterocycles. The lowest BCUT2D eigenvalue weighted by molar-refractivity contribution is -0.211. The van der Waals surface area contributed by atoms with Crippen molar-refractivity contribution in [3.63, 3.8) is 0 Å². The van der Waals surface area contributed by atoms with E-state index >= 15 is 0 Å². The number of hydrogen-bond donors (Lipinski definition) is 5. The summed E-state index contributed by atoms with van der Waals surface area (Å²) in [6.45, 7) is -0.240. The summed E-state index contributed by atoms with van der Waals surface area (Å²) in [6, 6.07) is 0.